The average Bonchev–Trinajstić information content (AvgIpc) is 2.15. The van der Waals surface area contributed by atoms with E-state index < -0.39 is 11.1 Å². The monoisotopic (exact) mass is 216 g/mol. The van der Waals surface area contributed by atoms with E-state index in [-0.39, 0.29) is 12.2 Å². The van der Waals surface area contributed by atoms with Gasteiger partial charge in [0.05, 0.1) is 6.61 Å². The molecule has 4 heteroatoms. The maximum absolute atomic E-state index is 13.0. The SMILES string of the molecule is O=C(Cl)CCCOc1ccccc1F. The molecule has 1 aromatic rings. The Bertz CT molecular complexity index is 315. The van der Waals surface area contributed by atoms with E-state index in [9.17, 15) is 9.18 Å². The molecule has 0 saturated carbocycles. The molecule has 0 radical (unpaired) electrons. The van der Waals surface area contributed by atoms with Gasteiger partial charge in [-0.25, -0.2) is 4.39 Å². The minimum absolute atomic E-state index is 0.203. The van der Waals surface area contributed by atoms with Crippen molar-refractivity contribution < 1.29 is 13.9 Å². The third-order valence-corrected chi connectivity index (χ3v) is 1.80. The zero-order valence-corrected chi connectivity index (χ0v) is 8.26. The Kier molecular flexibility index (Phi) is 4.40. The molecule has 0 amide bonds. The number of carbonyl (C=O) groups excluding carboxylic acids is 1. The number of halogens is 2. The highest BCUT2D eigenvalue weighted by Crippen LogP contribution is 2.15. The second-order valence-electron chi connectivity index (χ2n) is 2.74. The van der Waals surface area contributed by atoms with E-state index in [2.05, 4.69) is 0 Å². The average molecular weight is 217 g/mol. The van der Waals surface area contributed by atoms with E-state index in [0.29, 0.717) is 13.0 Å². The van der Waals surface area contributed by atoms with Crippen molar-refractivity contribution in [1.82, 2.24) is 0 Å². The van der Waals surface area contributed by atoms with Crippen molar-refractivity contribution in [3.05, 3.63) is 30.1 Å². The molecule has 76 valence electrons. The quantitative estimate of drug-likeness (QED) is 0.559. The first kappa shape index (κ1) is 11.0. The van der Waals surface area contributed by atoms with Crippen LogP contribution in [0.5, 0.6) is 5.75 Å². The Morgan fingerprint density at radius 2 is 2.14 bits per heavy atom. The number of rotatable bonds is 5. The molecule has 0 aliphatic carbocycles. The van der Waals surface area contributed by atoms with Crippen LogP contribution in [0.15, 0.2) is 24.3 Å². The molecule has 2 nitrogen and oxygen atoms in total. The van der Waals surface area contributed by atoms with Crippen molar-refractivity contribution in [2.45, 2.75) is 12.8 Å². The molecular formula is C10H10ClFO2. The lowest BCUT2D eigenvalue weighted by Gasteiger charge is -2.05. The van der Waals surface area contributed by atoms with Gasteiger partial charge in [-0.1, -0.05) is 12.1 Å². The number of benzene rings is 1. The Labute approximate surface area is 86.6 Å². The van der Waals surface area contributed by atoms with Crippen molar-refractivity contribution >= 4 is 16.8 Å². The second kappa shape index (κ2) is 5.60. The van der Waals surface area contributed by atoms with Gasteiger partial charge in [-0.2, -0.15) is 0 Å². The van der Waals surface area contributed by atoms with E-state index in [1.165, 1.54) is 12.1 Å². The van der Waals surface area contributed by atoms with Gasteiger partial charge < -0.3 is 4.74 Å². The molecular weight excluding hydrogens is 207 g/mol. The van der Waals surface area contributed by atoms with Crippen LogP contribution in [0.2, 0.25) is 0 Å². The van der Waals surface area contributed by atoms with E-state index in [4.69, 9.17) is 16.3 Å². The van der Waals surface area contributed by atoms with Crippen LogP contribution in [0.1, 0.15) is 12.8 Å². The Morgan fingerprint density at radius 3 is 2.79 bits per heavy atom. The van der Waals surface area contributed by atoms with Crippen LogP contribution in [-0.2, 0) is 4.79 Å². The molecule has 0 unspecified atom stereocenters. The van der Waals surface area contributed by atoms with Crippen LogP contribution < -0.4 is 4.74 Å². The molecule has 0 spiro atoms. The molecule has 14 heavy (non-hydrogen) atoms. The van der Waals surface area contributed by atoms with Crippen molar-refractivity contribution in [2.24, 2.45) is 0 Å². The minimum atomic E-state index is -0.401. The van der Waals surface area contributed by atoms with Gasteiger partial charge in [0, 0.05) is 6.42 Å². The largest absolute Gasteiger partial charge is 0.491 e. The second-order valence-corrected chi connectivity index (χ2v) is 3.16. The summed E-state index contributed by atoms with van der Waals surface area (Å²) in [4.78, 5) is 10.4. The summed E-state index contributed by atoms with van der Waals surface area (Å²) in [6.07, 6.45) is 0.743. The smallest absolute Gasteiger partial charge is 0.221 e. The zero-order chi connectivity index (χ0) is 10.4. The van der Waals surface area contributed by atoms with Crippen LogP contribution in [0.25, 0.3) is 0 Å². The number of hydrogen-bond donors (Lipinski definition) is 0. The van der Waals surface area contributed by atoms with Crippen LogP contribution >= 0.6 is 11.6 Å². The summed E-state index contributed by atoms with van der Waals surface area (Å²) in [5.41, 5.74) is 0. The molecule has 0 heterocycles. The van der Waals surface area contributed by atoms with E-state index in [1.54, 1.807) is 12.1 Å². The number of ether oxygens (including phenoxy) is 1. The molecule has 1 rings (SSSR count). The lowest BCUT2D eigenvalue weighted by Crippen LogP contribution is -2.00. The predicted octanol–water partition coefficient (Wildman–Crippen LogP) is 2.75. The molecule has 0 N–H and O–H groups in total. The van der Waals surface area contributed by atoms with Crippen molar-refractivity contribution in [3.63, 3.8) is 0 Å². The summed E-state index contributed by atoms with van der Waals surface area (Å²) in [7, 11) is 0. The normalized spacial score (nSPS) is 9.86. The summed E-state index contributed by atoms with van der Waals surface area (Å²) in [6.45, 7) is 0.291. The maximum Gasteiger partial charge on any atom is 0.221 e. The number of carbonyl (C=O) groups is 1. The Hall–Kier alpha value is -1.09. The molecule has 1 aromatic carbocycles. The van der Waals surface area contributed by atoms with E-state index in [0.717, 1.165) is 0 Å². The lowest BCUT2D eigenvalue weighted by molar-refractivity contribution is -0.111. The van der Waals surface area contributed by atoms with Gasteiger partial charge in [0.15, 0.2) is 11.6 Å². The summed E-state index contributed by atoms with van der Waals surface area (Å²) in [5.74, 6) is -0.195. The summed E-state index contributed by atoms with van der Waals surface area (Å²) >= 11 is 5.12. The van der Waals surface area contributed by atoms with Gasteiger partial charge >= 0.3 is 0 Å². The standard InChI is InChI=1S/C10H10ClFO2/c11-10(13)6-3-7-14-9-5-2-1-4-8(9)12/h1-2,4-5H,3,6-7H2. The zero-order valence-electron chi connectivity index (χ0n) is 7.50. The molecule has 0 aliphatic rings. The minimum Gasteiger partial charge on any atom is -0.491 e. The third-order valence-electron chi connectivity index (χ3n) is 1.61. The lowest BCUT2D eigenvalue weighted by atomic mass is 10.3. The van der Waals surface area contributed by atoms with Crippen LogP contribution in [0.4, 0.5) is 4.39 Å². The van der Waals surface area contributed by atoms with Gasteiger partial charge in [0.2, 0.25) is 5.24 Å². The molecule has 0 fully saturated rings. The Morgan fingerprint density at radius 1 is 1.43 bits per heavy atom. The highest BCUT2D eigenvalue weighted by atomic mass is 35.5. The topological polar surface area (TPSA) is 26.3 Å². The van der Waals surface area contributed by atoms with Gasteiger partial charge in [-0.3, -0.25) is 4.79 Å². The van der Waals surface area contributed by atoms with Crippen molar-refractivity contribution in [1.29, 1.82) is 0 Å². The van der Waals surface area contributed by atoms with Crippen molar-refractivity contribution in [3.8, 4) is 5.75 Å². The third kappa shape index (κ3) is 3.75. The summed E-state index contributed by atoms with van der Waals surface area (Å²) in [6, 6.07) is 6.13. The number of hydrogen-bond acceptors (Lipinski definition) is 2. The fraction of sp³-hybridized carbons (Fsp3) is 0.300. The highest BCUT2D eigenvalue weighted by Gasteiger charge is 2.01. The first-order chi connectivity index (χ1) is 6.70. The van der Waals surface area contributed by atoms with Crippen LogP contribution in [0.3, 0.4) is 0 Å². The fourth-order valence-electron chi connectivity index (χ4n) is 0.955. The first-order valence-corrected chi connectivity index (χ1v) is 4.63. The molecule has 0 aliphatic heterocycles. The van der Waals surface area contributed by atoms with Gasteiger partial charge in [0.1, 0.15) is 0 Å². The molecule has 0 aromatic heterocycles. The highest BCUT2D eigenvalue weighted by molar-refractivity contribution is 6.63. The van der Waals surface area contributed by atoms with Gasteiger partial charge in [0.25, 0.3) is 0 Å². The van der Waals surface area contributed by atoms with Crippen LogP contribution in [-0.4, -0.2) is 11.8 Å². The van der Waals surface area contributed by atoms with Gasteiger partial charge in [-0.15, -0.1) is 0 Å². The first-order valence-electron chi connectivity index (χ1n) is 4.26. The predicted molar refractivity (Wildman–Crippen MR) is 52.0 cm³/mol. The van der Waals surface area contributed by atoms with Gasteiger partial charge in [-0.05, 0) is 30.2 Å². The molecule has 0 atom stereocenters. The maximum atomic E-state index is 13.0. The summed E-state index contributed by atoms with van der Waals surface area (Å²) in [5, 5.41) is -0.401. The number of para-hydroxylation sites is 1. The van der Waals surface area contributed by atoms with Crippen molar-refractivity contribution in [2.75, 3.05) is 6.61 Å². The van der Waals surface area contributed by atoms with E-state index in [1.807, 2.05) is 0 Å². The van der Waals surface area contributed by atoms with Crippen LogP contribution in [0, 0.1) is 5.82 Å². The summed E-state index contributed by atoms with van der Waals surface area (Å²) < 4.78 is 18.1. The van der Waals surface area contributed by atoms with E-state index >= 15 is 0 Å². The molecule has 0 saturated heterocycles. The molecule has 0 bridgehead atoms. The Balaban J connectivity index is 2.31. The fourth-order valence-corrected chi connectivity index (χ4v) is 1.09.